The molecular formula is C21H22ClFN2O3. The molecule has 1 fully saturated rings. The second kappa shape index (κ2) is 7.97. The second-order valence-electron chi connectivity index (χ2n) is 7.09. The summed E-state index contributed by atoms with van der Waals surface area (Å²) in [7, 11) is 0. The number of carbonyl (C=O) groups is 1. The lowest BCUT2D eigenvalue weighted by Crippen LogP contribution is -2.46. The average Bonchev–Trinajstić information content (AvgIpc) is 2.69. The lowest BCUT2D eigenvalue weighted by molar-refractivity contribution is 0.101. The number of ketones is 1. The topological polar surface area (TPSA) is 42.0 Å². The van der Waals surface area contributed by atoms with Crippen LogP contribution in [0.15, 0.2) is 30.3 Å². The summed E-state index contributed by atoms with van der Waals surface area (Å²) in [6.07, 6.45) is 0. The fourth-order valence-corrected chi connectivity index (χ4v) is 3.93. The van der Waals surface area contributed by atoms with Crippen molar-refractivity contribution in [2.45, 2.75) is 13.5 Å². The first-order valence-corrected chi connectivity index (χ1v) is 9.75. The maximum atomic E-state index is 14.4. The van der Waals surface area contributed by atoms with Crippen LogP contribution in [0, 0.1) is 5.82 Å². The van der Waals surface area contributed by atoms with E-state index in [1.54, 1.807) is 12.1 Å². The highest BCUT2D eigenvalue weighted by atomic mass is 35.5. The number of ether oxygens (including phenoxy) is 2. The predicted octanol–water partition coefficient (Wildman–Crippen LogP) is 3.78. The first kappa shape index (κ1) is 19.0. The van der Waals surface area contributed by atoms with Crippen LogP contribution in [0.25, 0.3) is 0 Å². The number of rotatable bonds is 4. The van der Waals surface area contributed by atoms with Crippen LogP contribution in [0.5, 0.6) is 11.5 Å². The highest BCUT2D eigenvalue weighted by molar-refractivity contribution is 6.32. The van der Waals surface area contributed by atoms with Gasteiger partial charge in [0.2, 0.25) is 0 Å². The zero-order valence-electron chi connectivity index (χ0n) is 15.7. The molecule has 0 N–H and O–H groups in total. The van der Waals surface area contributed by atoms with Crippen LogP contribution in [0.3, 0.4) is 0 Å². The molecule has 0 atom stereocenters. The highest BCUT2D eigenvalue weighted by Gasteiger charge is 2.22. The van der Waals surface area contributed by atoms with E-state index < -0.39 is 0 Å². The fraction of sp³-hybridized carbons (Fsp3) is 0.381. The average molecular weight is 405 g/mol. The first-order valence-electron chi connectivity index (χ1n) is 9.37. The molecule has 2 aliphatic rings. The third-order valence-corrected chi connectivity index (χ3v) is 5.41. The van der Waals surface area contributed by atoms with Crippen LogP contribution in [0.1, 0.15) is 22.8 Å². The summed E-state index contributed by atoms with van der Waals surface area (Å²) in [4.78, 5) is 15.7. The number of halogens is 2. The molecule has 0 amide bonds. The van der Waals surface area contributed by atoms with Crippen molar-refractivity contribution in [1.82, 2.24) is 4.90 Å². The standard InChI is InChI=1S/C21H22ClFN2O3/c1-14(26)16-2-3-19(18(23)12-16)25-6-4-24(5-7-25)13-15-10-17(22)21-20(11-15)27-8-9-28-21/h2-3,10-12H,4-9,13H2,1H3. The maximum absolute atomic E-state index is 14.4. The second-order valence-corrected chi connectivity index (χ2v) is 7.49. The lowest BCUT2D eigenvalue weighted by atomic mass is 10.1. The summed E-state index contributed by atoms with van der Waals surface area (Å²) < 4.78 is 25.6. The molecule has 1 saturated heterocycles. The van der Waals surface area contributed by atoms with Gasteiger partial charge in [-0.2, -0.15) is 0 Å². The van der Waals surface area contributed by atoms with Crippen LogP contribution in [0.4, 0.5) is 10.1 Å². The molecule has 0 unspecified atom stereocenters. The summed E-state index contributed by atoms with van der Waals surface area (Å²) >= 11 is 6.32. The normalized spacial score (nSPS) is 16.9. The van der Waals surface area contributed by atoms with Gasteiger partial charge in [-0.3, -0.25) is 9.69 Å². The summed E-state index contributed by atoms with van der Waals surface area (Å²) in [5, 5.41) is 0.568. The smallest absolute Gasteiger partial charge is 0.179 e. The Hall–Kier alpha value is -2.31. The van der Waals surface area contributed by atoms with Gasteiger partial charge in [0.05, 0.1) is 10.7 Å². The third kappa shape index (κ3) is 3.93. The number of nitrogens with zero attached hydrogens (tertiary/aromatic N) is 2. The van der Waals surface area contributed by atoms with Gasteiger partial charge in [0.15, 0.2) is 17.3 Å². The molecule has 148 valence electrons. The van der Waals surface area contributed by atoms with Crippen molar-refractivity contribution in [3.05, 3.63) is 52.3 Å². The van der Waals surface area contributed by atoms with E-state index in [-0.39, 0.29) is 11.6 Å². The van der Waals surface area contributed by atoms with Gasteiger partial charge in [0.25, 0.3) is 0 Å². The van der Waals surface area contributed by atoms with Crippen LogP contribution in [-0.2, 0) is 6.54 Å². The first-order chi connectivity index (χ1) is 13.5. The van der Waals surface area contributed by atoms with E-state index >= 15 is 0 Å². The van der Waals surface area contributed by atoms with Gasteiger partial charge in [-0.15, -0.1) is 0 Å². The Morgan fingerprint density at radius 1 is 1.11 bits per heavy atom. The molecule has 7 heteroatoms. The molecule has 5 nitrogen and oxygen atoms in total. The third-order valence-electron chi connectivity index (χ3n) is 5.13. The van der Waals surface area contributed by atoms with E-state index in [9.17, 15) is 9.18 Å². The molecule has 2 aliphatic heterocycles. The molecule has 0 saturated carbocycles. The van der Waals surface area contributed by atoms with Gasteiger partial charge < -0.3 is 14.4 Å². The zero-order chi connectivity index (χ0) is 19.7. The van der Waals surface area contributed by atoms with E-state index in [4.69, 9.17) is 21.1 Å². The van der Waals surface area contributed by atoms with E-state index in [2.05, 4.69) is 4.90 Å². The fourth-order valence-electron chi connectivity index (χ4n) is 3.64. The van der Waals surface area contributed by atoms with Crippen molar-refractivity contribution in [1.29, 1.82) is 0 Å². The van der Waals surface area contributed by atoms with E-state index in [0.717, 1.165) is 25.2 Å². The zero-order valence-corrected chi connectivity index (χ0v) is 16.5. The molecule has 4 rings (SSSR count). The predicted molar refractivity (Wildman–Crippen MR) is 106 cm³/mol. The van der Waals surface area contributed by atoms with Crippen LogP contribution >= 0.6 is 11.6 Å². The number of carbonyl (C=O) groups excluding carboxylic acids is 1. The number of hydrogen-bond donors (Lipinski definition) is 0. The molecular weight excluding hydrogens is 383 g/mol. The SMILES string of the molecule is CC(=O)c1ccc(N2CCN(Cc3cc(Cl)c4c(c3)OCCO4)CC2)c(F)c1. The van der Waals surface area contributed by atoms with Crippen molar-refractivity contribution in [3.8, 4) is 11.5 Å². The number of benzene rings is 2. The van der Waals surface area contributed by atoms with Gasteiger partial charge in [0.1, 0.15) is 19.0 Å². The summed E-state index contributed by atoms with van der Waals surface area (Å²) in [6, 6.07) is 8.60. The maximum Gasteiger partial charge on any atom is 0.179 e. The number of piperazine rings is 1. The minimum absolute atomic E-state index is 0.131. The van der Waals surface area contributed by atoms with E-state index in [0.29, 0.717) is 54.1 Å². The van der Waals surface area contributed by atoms with Gasteiger partial charge >= 0.3 is 0 Å². The van der Waals surface area contributed by atoms with Crippen molar-refractivity contribution in [2.75, 3.05) is 44.3 Å². The Kier molecular flexibility index (Phi) is 5.42. The number of fused-ring (bicyclic) bond motifs is 1. The summed E-state index contributed by atoms with van der Waals surface area (Å²) in [6.45, 7) is 6.27. The Balaban J connectivity index is 1.40. The minimum atomic E-state index is -0.347. The van der Waals surface area contributed by atoms with Crippen molar-refractivity contribution >= 4 is 23.1 Å². The number of anilines is 1. The minimum Gasteiger partial charge on any atom is -0.486 e. The molecule has 2 heterocycles. The molecule has 0 spiro atoms. The Bertz CT molecular complexity index is 897. The Labute approximate surface area is 168 Å². The summed E-state index contributed by atoms with van der Waals surface area (Å²) in [5.74, 6) is 0.833. The Morgan fingerprint density at radius 3 is 2.57 bits per heavy atom. The van der Waals surface area contributed by atoms with Gasteiger partial charge in [-0.25, -0.2) is 4.39 Å². The Morgan fingerprint density at radius 2 is 1.86 bits per heavy atom. The van der Waals surface area contributed by atoms with Crippen LogP contribution < -0.4 is 14.4 Å². The largest absolute Gasteiger partial charge is 0.486 e. The van der Waals surface area contributed by atoms with Gasteiger partial charge in [0, 0.05) is 38.3 Å². The molecule has 2 aromatic rings. The molecule has 2 aromatic carbocycles. The van der Waals surface area contributed by atoms with E-state index in [1.807, 2.05) is 17.0 Å². The summed E-state index contributed by atoms with van der Waals surface area (Å²) in [5.41, 5.74) is 2.02. The molecule has 0 bridgehead atoms. The number of hydrogen-bond acceptors (Lipinski definition) is 5. The van der Waals surface area contributed by atoms with Gasteiger partial charge in [-0.1, -0.05) is 11.6 Å². The highest BCUT2D eigenvalue weighted by Crippen LogP contribution is 2.38. The molecule has 0 radical (unpaired) electrons. The monoisotopic (exact) mass is 404 g/mol. The molecule has 0 aromatic heterocycles. The van der Waals surface area contributed by atoms with Crippen LogP contribution in [0.2, 0.25) is 5.02 Å². The molecule has 28 heavy (non-hydrogen) atoms. The number of Topliss-reactive ketones (excluding diaryl/α,β-unsaturated/α-hetero) is 1. The van der Waals surface area contributed by atoms with Crippen molar-refractivity contribution in [2.24, 2.45) is 0 Å². The van der Waals surface area contributed by atoms with Crippen LogP contribution in [-0.4, -0.2) is 50.1 Å². The van der Waals surface area contributed by atoms with E-state index in [1.165, 1.54) is 13.0 Å². The lowest BCUT2D eigenvalue weighted by Gasteiger charge is -2.36. The van der Waals surface area contributed by atoms with Gasteiger partial charge in [-0.05, 0) is 42.8 Å². The molecule has 0 aliphatic carbocycles. The van der Waals surface area contributed by atoms with Crippen molar-refractivity contribution in [3.63, 3.8) is 0 Å². The van der Waals surface area contributed by atoms with Crippen molar-refractivity contribution < 1.29 is 18.7 Å². The quantitative estimate of drug-likeness (QED) is 0.725.